The first kappa shape index (κ1) is 22.3. The molecular weight excluding hydrogens is 368 g/mol. The van der Waals surface area contributed by atoms with E-state index < -0.39 is 5.60 Å². The van der Waals surface area contributed by atoms with Crippen molar-refractivity contribution in [2.75, 3.05) is 0 Å². The van der Waals surface area contributed by atoms with Gasteiger partial charge in [0.05, 0.1) is 5.60 Å². The smallest absolute Gasteiger partial charge is 0.303 e. The Kier molecular flexibility index (Phi) is 5.47. The Balaban J connectivity index is 1.96. The van der Waals surface area contributed by atoms with Crippen molar-refractivity contribution in [2.45, 2.75) is 104 Å². The maximum Gasteiger partial charge on any atom is 0.303 e. The molecule has 1 heterocycles. The molecule has 2 saturated carbocycles. The van der Waals surface area contributed by atoms with Crippen LogP contribution in [0.4, 0.5) is 0 Å². The van der Waals surface area contributed by atoms with E-state index in [1.807, 2.05) is 6.92 Å². The van der Waals surface area contributed by atoms with Crippen LogP contribution in [-0.4, -0.2) is 35.3 Å². The predicted molar refractivity (Wildman–Crippen MR) is 111 cm³/mol. The third-order valence-corrected chi connectivity index (χ3v) is 8.50. The molecule has 5 heteroatoms. The number of ether oxygens (including phenoxy) is 3. The lowest BCUT2D eigenvalue weighted by atomic mass is 9.43. The molecule has 7 atom stereocenters. The number of carbonyl (C=O) groups is 2. The van der Waals surface area contributed by atoms with Crippen molar-refractivity contribution in [3.8, 4) is 0 Å². The summed E-state index contributed by atoms with van der Waals surface area (Å²) in [6.45, 7) is 18.0. The fraction of sp³-hybridized carbons (Fsp3) is 0.833. The second kappa shape index (κ2) is 7.11. The van der Waals surface area contributed by atoms with Crippen LogP contribution in [0.15, 0.2) is 12.7 Å². The molecule has 3 rings (SSSR count). The van der Waals surface area contributed by atoms with Gasteiger partial charge in [-0.3, -0.25) is 9.59 Å². The van der Waals surface area contributed by atoms with E-state index in [1.54, 1.807) is 6.08 Å². The highest BCUT2D eigenvalue weighted by atomic mass is 16.6. The quantitative estimate of drug-likeness (QED) is 0.496. The Morgan fingerprint density at radius 3 is 2.07 bits per heavy atom. The average molecular weight is 407 g/mol. The molecule has 0 amide bonds. The number of fused-ring (bicyclic) bond motifs is 3. The van der Waals surface area contributed by atoms with Gasteiger partial charge in [0.25, 0.3) is 0 Å². The number of hydrogen-bond donors (Lipinski definition) is 0. The minimum absolute atomic E-state index is 0.0219. The highest BCUT2D eigenvalue weighted by Crippen LogP contribution is 2.66. The normalized spacial score (nSPS) is 46.0. The van der Waals surface area contributed by atoms with E-state index in [4.69, 9.17) is 14.2 Å². The van der Waals surface area contributed by atoms with Gasteiger partial charge in [-0.25, -0.2) is 0 Å². The van der Waals surface area contributed by atoms with Crippen LogP contribution < -0.4 is 0 Å². The van der Waals surface area contributed by atoms with Crippen LogP contribution in [0.5, 0.6) is 0 Å². The van der Waals surface area contributed by atoms with Crippen LogP contribution >= 0.6 is 0 Å². The van der Waals surface area contributed by atoms with Gasteiger partial charge in [-0.1, -0.05) is 26.8 Å². The second-order valence-corrected chi connectivity index (χ2v) is 10.7. The second-order valence-electron chi connectivity index (χ2n) is 10.7. The van der Waals surface area contributed by atoms with E-state index in [1.165, 1.54) is 13.8 Å². The van der Waals surface area contributed by atoms with Crippen molar-refractivity contribution < 1.29 is 23.8 Å². The average Bonchev–Trinajstić information content (AvgIpc) is 2.58. The van der Waals surface area contributed by atoms with Gasteiger partial charge in [0.1, 0.15) is 17.8 Å². The first-order valence-corrected chi connectivity index (χ1v) is 11.0. The summed E-state index contributed by atoms with van der Waals surface area (Å²) in [7, 11) is 0. The van der Waals surface area contributed by atoms with Gasteiger partial charge in [-0.2, -0.15) is 0 Å². The van der Waals surface area contributed by atoms with Crippen molar-refractivity contribution >= 4 is 11.9 Å². The van der Waals surface area contributed by atoms with Gasteiger partial charge in [0.15, 0.2) is 0 Å². The van der Waals surface area contributed by atoms with E-state index >= 15 is 0 Å². The summed E-state index contributed by atoms with van der Waals surface area (Å²) in [4.78, 5) is 23.5. The molecule has 1 aliphatic heterocycles. The van der Waals surface area contributed by atoms with Crippen LogP contribution in [0.25, 0.3) is 0 Å². The van der Waals surface area contributed by atoms with Crippen molar-refractivity contribution in [3.63, 3.8) is 0 Å². The van der Waals surface area contributed by atoms with Gasteiger partial charge in [-0.15, -0.1) is 6.58 Å². The maximum absolute atomic E-state index is 11.8. The van der Waals surface area contributed by atoms with E-state index in [9.17, 15) is 9.59 Å². The molecule has 0 spiro atoms. The van der Waals surface area contributed by atoms with Gasteiger partial charge in [0, 0.05) is 19.3 Å². The largest absolute Gasteiger partial charge is 0.462 e. The number of esters is 2. The fourth-order valence-corrected chi connectivity index (χ4v) is 7.09. The SMILES string of the molecule is C=C[C@]1(C)O[C@@]2(C)CCC3C(C)(C)[C@H](OC(C)=O)CC[C@@]3(C)C2C[C@@H]1OC(C)=O. The molecule has 0 N–H and O–H groups in total. The monoisotopic (exact) mass is 406 g/mol. The summed E-state index contributed by atoms with van der Waals surface area (Å²) in [6.07, 6.45) is 5.93. The Labute approximate surface area is 175 Å². The molecule has 2 aliphatic carbocycles. The minimum Gasteiger partial charge on any atom is -0.462 e. The van der Waals surface area contributed by atoms with E-state index in [2.05, 4.69) is 34.3 Å². The zero-order valence-electron chi connectivity index (χ0n) is 19.2. The number of carbonyl (C=O) groups excluding carboxylic acids is 2. The molecule has 2 unspecified atom stereocenters. The first-order chi connectivity index (χ1) is 13.3. The topological polar surface area (TPSA) is 61.8 Å². The Morgan fingerprint density at radius 2 is 1.52 bits per heavy atom. The molecule has 3 fully saturated rings. The molecule has 0 aromatic rings. The van der Waals surface area contributed by atoms with Crippen LogP contribution in [0.2, 0.25) is 0 Å². The lowest BCUT2D eigenvalue weighted by molar-refractivity contribution is -0.291. The number of rotatable bonds is 3. The van der Waals surface area contributed by atoms with Crippen LogP contribution in [0.1, 0.15) is 80.6 Å². The summed E-state index contributed by atoms with van der Waals surface area (Å²) >= 11 is 0. The predicted octanol–water partition coefficient (Wildman–Crippen LogP) is 4.83. The van der Waals surface area contributed by atoms with Gasteiger partial charge in [-0.05, 0) is 63.2 Å². The van der Waals surface area contributed by atoms with Crippen molar-refractivity contribution in [1.29, 1.82) is 0 Å². The minimum atomic E-state index is -0.690. The lowest BCUT2D eigenvalue weighted by Crippen LogP contribution is -2.67. The third-order valence-electron chi connectivity index (χ3n) is 8.50. The molecule has 0 aromatic carbocycles. The zero-order valence-corrected chi connectivity index (χ0v) is 19.2. The molecule has 164 valence electrons. The molecule has 3 aliphatic rings. The molecule has 0 bridgehead atoms. The molecule has 0 aromatic heterocycles. The fourth-order valence-electron chi connectivity index (χ4n) is 7.09. The van der Waals surface area contributed by atoms with Gasteiger partial charge in [0.2, 0.25) is 0 Å². The van der Waals surface area contributed by atoms with Crippen LogP contribution in [-0.2, 0) is 23.8 Å². The highest BCUT2D eigenvalue weighted by molar-refractivity contribution is 5.66. The van der Waals surface area contributed by atoms with Crippen molar-refractivity contribution in [1.82, 2.24) is 0 Å². The summed E-state index contributed by atoms with van der Waals surface area (Å²) in [6, 6.07) is 0. The summed E-state index contributed by atoms with van der Waals surface area (Å²) in [5.74, 6) is 0.168. The van der Waals surface area contributed by atoms with E-state index in [0.717, 1.165) is 32.1 Å². The van der Waals surface area contributed by atoms with Crippen molar-refractivity contribution in [2.24, 2.45) is 22.7 Å². The zero-order chi connectivity index (χ0) is 21.8. The van der Waals surface area contributed by atoms with Crippen LogP contribution in [0.3, 0.4) is 0 Å². The van der Waals surface area contributed by atoms with E-state index in [0.29, 0.717) is 5.92 Å². The molecule has 0 radical (unpaired) electrons. The van der Waals surface area contributed by atoms with Crippen molar-refractivity contribution in [3.05, 3.63) is 12.7 Å². The highest BCUT2D eigenvalue weighted by Gasteiger charge is 2.65. The lowest BCUT2D eigenvalue weighted by Gasteiger charge is -2.66. The summed E-state index contributed by atoms with van der Waals surface area (Å²) in [5.41, 5.74) is -1.08. The summed E-state index contributed by atoms with van der Waals surface area (Å²) in [5, 5.41) is 0. The molecule has 5 nitrogen and oxygen atoms in total. The molecular formula is C24H38O5. The molecule has 1 saturated heterocycles. The Bertz CT molecular complexity index is 699. The van der Waals surface area contributed by atoms with E-state index in [-0.39, 0.29) is 46.5 Å². The summed E-state index contributed by atoms with van der Waals surface area (Å²) < 4.78 is 18.2. The van der Waals surface area contributed by atoms with Gasteiger partial charge < -0.3 is 14.2 Å². The van der Waals surface area contributed by atoms with Gasteiger partial charge >= 0.3 is 11.9 Å². The van der Waals surface area contributed by atoms with Crippen LogP contribution in [0, 0.1) is 22.7 Å². The Hall–Kier alpha value is -1.36. The Morgan fingerprint density at radius 1 is 0.931 bits per heavy atom. The maximum atomic E-state index is 11.8. The third kappa shape index (κ3) is 3.54. The first-order valence-electron chi connectivity index (χ1n) is 11.0. The number of hydrogen-bond acceptors (Lipinski definition) is 5. The standard InChI is InChI=1S/C24H38O5/c1-9-23(7)20(28-16(3)26)14-18-22(6)12-11-19(27-15(2)25)21(4,5)17(22)10-13-24(18,8)29-23/h9,17-20H,1,10-14H2,2-8H3/t17?,18?,19-,20+,22-,23+,24+/m1/s1. The molecule has 29 heavy (non-hydrogen) atoms.